The Morgan fingerprint density at radius 1 is 0.696 bits per heavy atom. The van der Waals surface area contributed by atoms with Crippen molar-refractivity contribution in [1.82, 2.24) is 9.78 Å². The SMILES string of the molecule is COc1ccc(NC(=O)CSc2nn(CC(=O)Nc3ccc(OC)cc3)c(COc3ccccc3)[n+]2-c2ccc(OC)cc2)cc1. The van der Waals surface area contributed by atoms with Gasteiger partial charge in [-0.1, -0.05) is 22.9 Å². The quantitative estimate of drug-likeness (QED) is 0.127. The summed E-state index contributed by atoms with van der Waals surface area (Å²) < 4.78 is 25.4. The standard InChI is InChI=1S/C34H33N5O6S/c1-42-27-15-9-24(10-16-27)35-31(40)21-38-33(22-45-30-7-5-4-6-8-30)39(26-13-19-29(44-3)20-14-26)34(37-38)46-23-32(41)36-25-11-17-28(43-2)18-12-25/h4-20H,21-23H2,1-3H3,(H-,35,36,40,41)/p+1. The largest absolute Gasteiger partial charge is 0.497 e. The highest BCUT2D eigenvalue weighted by molar-refractivity contribution is 7.99. The Morgan fingerprint density at radius 3 is 1.76 bits per heavy atom. The molecule has 0 fully saturated rings. The van der Waals surface area contributed by atoms with E-state index in [1.54, 1.807) is 74.5 Å². The number of aromatic nitrogens is 3. The molecule has 0 aliphatic carbocycles. The molecule has 1 aromatic heterocycles. The van der Waals surface area contributed by atoms with Crippen LogP contribution in [0, 0.1) is 0 Å². The van der Waals surface area contributed by atoms with E-state index in [9.17, 15) is 9.59 Å². The number of ether oxygens (including phenoxy) is 4. The van der Waals surface area contributed by atoms with E-state index in [0.717, 1.165) is 5.69 Å². The molecule has 0 aliphatic rings. The van der Waals surface area contributed by atoms with E-state index in [0.29, 0.717) is 45.4 Å². The summed E-state index contributed by atoms with van der Waals surface area (Å²) in [6, 6.07) is 31.0. The van der Waals surface area contributed by atoms with E-state index in [4.69, 9.17) is 24.0 Å². The zero-order valence-electron chi connectivity index (χ0n) is 25.6. The molecule has 0 saturated heterocycles. The number of thioether (sulfide) groups is 1. The summed E-state index contributed by atoms with van der Waals surface area (Å²) in [7, 11) is 4.77. The van der Waals surface area contributed by atoms with Crippen LogP contribution >= 0.6 is 11.8 Å². The monoisotopic (exact) mass is 640 g/mol. The van der Waals surface area contributed by atoms with Crippen LogP contribution < -0.4 is 34.1 Å². The van der Waals surface area contributed by atoms with E-state index in [1.807, 2.05) is 59.2 Å². The molecule has 2 N–H and O–H groups in total. The molecule has 46 heavy (non-hydrogen) atoms. The molecule has 12 heteroatoms. The molecule has 236 valence electrons. The Hall–Kier alpha value is -5.49. The van der Waals surface area contributed by atoms with Gasteiger partial charge < -0.3 is 29.6 Å². The van der Waals surface area contributed by atoms with Gasteiger partial charge in [0.15, 0.2) is 13.2 Å². The summed E-state index contributed by atoms with van der Waals surface area (Å²) in [5, 5.41) is 11.1. The molecule has 11 nitrogen and oxygen atoms in total. The summed E-state index contributed by atoms with van der Waals surface area (Å²) >= 11 is 1.24. The molecule has 1 heterocycles. The minimum atomic E-state index is -0.288. The average Bonchev–Trinajstić information content (AvgIpc) is 3.43. The number of methoxy groups -OCH3 is 3. The van der Waals surface area contributed by atoms with Crippen molar-refractivity contribution in [1.29, 1.82) is 0 Å². The van der Waals surface area contributed by atoms with Crippen LogP contribution in [0.25, 0.3) is 5.69 Å². The molecule has 0 radical (unpaired) electrons. The Morgan fingerprint density at radius 2 is 1.22 bits per heavy atom. The lowest BCUT2D eigenvalue weighted by Crippen LogP contribution is -2.38. The lowest BCUT2D eigenvalue weighted by atomic mass is 10.3. The maximum atomic E-state index is 13.3. The van der Waals surface area contributed by atoms with Crippen molar-refractivity contribution in [3.8, 4) is 28.7 Å². The number of hydrogen-bond acceptors (Lipinski definition) is 8. The predicted molar refractivity (Wildman–Crippen MR) is 175 cm³/mol. The number of nitrogens with one attached hydrogen (secondary N) is 2. The molecule has 0 spiro atoms. The zero-order chi connectivity index (χ0) is 32.3. The zero-order valence-corrected chi connectivity index (χ0v) is 26.5. The number of amides is 2. The molecule has 0 aliphatic heterocycles. The molecule has 5 rings (SSSR count). The number of hydrogen-bond donors (Lipinski definition) is 2. The van der Waals surface area contributed by atoms with E-state index in [-0.39, 0.29) is 30.7 Å². The first-order valence-corrected chi connectivity index (χ1v) is 15.3. The van der Waals surface area contributed by atoms with Crippen molar-refractivity contribution in [3.63, 3.8) is 0 Å². The third-order valence-electron chi connectivity index (χ3n) is 6.77. The van der Waals surface area contributed by atoms with Gasteiger partial charge in [-0.25, -0.2) is 0 Å². The van der Waals surface area contributed by atoms with Gasteiger partial charge in [0.2, 0.25) is 5.91 Å². The van der Waals surface area contributed by atoms with Gasteiger partial charge in [0.05, 0.1) is 32.2 Å². The Balaban J connectivity index is 1.45. The van der Waals surface area contributed by atoms with Crippen LogP contribution in [0.1, 0.15) is 5.82 Å². The molecule has 0 unspecified atom stereocenters. The highest BCUT2D eigenvalue weighted by Gasteiger charge is 2.30. The molecular formula is C34H34N5O6S+. The Kier molecular flexibility index (Phi) is 10.7. The normalized spacial score (nSPS) is 10.6. The van der Waals surface area contributed by atoms with Crippen molar-refractivity contribution in [2.24, 2.45) is 0 Å². The summed E-state index contributed by atoms with van der Waals surface area (Å²) in [6.45, 7) is -0.00820. The minimum Gasteiger partial charge on any atom is -0.497 e. The van der Waals surface area contributed by atoms with E-state index >= 15 is 0 Å². The Labute approximate surface area is 271 Å². The van der Waals surface area contributed by atoms with Crippen LogP contribution in [-0.2, 0) is 22.7 Å². The van der Waals surface area contributed by atoms with Gasteiger partial charge >= 0.3 is 5.16 Å². The first kappa shape index (κ1) is 31.9. The number of para-hydroxylation sites is 1. The highest BCUT2D eigenvalue weighted by atomic mass is 32.2. The topological polar surface area (TPSA) is 117 Å². The molecule has 5 aromatic rings. The molecular weight excluding hydrogens is 606 g/mol. The van der Waals surface area contributed by atoms with Crippen molar-refractivity contribution in [3.05, 3.63) is 109 Å². The minimum absolute atomic E-state index is 0.0657. The number of nitrogens with zero attached hydrogens (tertiary/aromatic N) is 3. The van der Waals surface area contributed by atoms with Gasteiger partial charge in [-0.05, 0) is 96.7 Å². The summed E-state index contributed by atoms with van der Waals surface area (Å²) in [6.07, 6.45) is 0. The fraction of sp³-hybridized carbons (Fsp3) is 0.176. The Bertz CT molecular complexity index is 1740. The summed E-state index contributed by atoms with van der Waals surface area (Å²) in [5.74, 6) is 2.88. The second-order valence-electron chi connectivity index (χ2n) is 9.83. The van der Waals surface area contributed by atoms with Gasteiger partial charge in [-0.2, -0.15) is 4.57 Å². The smallest absolute Gasteiger partial charge is 0.342 e. The maximum Gasteiger partial charge on any atom is 0.342 e. The third-order valence-corrected chi connectivity index (χ3v) is 7.70. The first-order valence-electron chi connectivity index (χ1n) is 14.3. The third kappa shape index (κ3) is 8.36. The number of carbonyl (C=O) groups is 2. The predicted octanol–water partition coefficient (Wildman–Crippen LogP) is 5.13. The van der Waals surface area contributed by atoms with Crippen LogP contribution in [0.5, 0.6) is 23.0 Å². The van der Waals surface area contributed by atoms with Gasteiger partial charge in [-0.3, -0.25) is 9.59 Å². The van der Waals surface area contributed by atoms with Crippen molar-refractivity contribution in [2.45, 2.75) is 18.3 Å². The maximum absolute atomic E-state index is 13.3. The molecule has 0 atom stereocenters. The first-order chi connectivity index (χ1) is 22.4. The van der Waals surface area contributed by atoms with Crippen LogP contribution in [0.3, 0.4) is 0 Å². The fourth-order valence-corrected chi connectivity index (χ4v) is 5.29. The van der Waals surface area contributed by atoms with Gasteiger partial charge in [0, 0.05) is 11.4 Å². The lowest BCUT2D eigenvalue weighted by Gasteiger charge is -2.09. The molecule has 0 bridgehead atoms. The molecule has 0 saturated carbocycles. The highest BCUT2D eigenvalue weighted by Crippen LogP contribution is 2.21. The van der Waals surface area contributed by atoms with Gasteiger partial charge in [0.25, 0.3) is 11.7 Å². The molecule has 2 amide bonds. The van der Waals surface area contributed by atoms with Gasteiger partial charge in [-0.15, -0.1) is 0 Å². The van der Waals surface area contributed by atoms with Crippen molar-refractivity contribution >= 4 is 35.0 Å². The molecule has 4 aromatic carbocycles. The van der Waals surface area contributed by atoms with Crippen LogP contribution in [-0.4, -0.2) is 48.7 Å². The number of rotatable bonds is 14. The average molecular weight is 641 g/mol. The lowest BCUT2D eigenvalue weighted by molar-refractivity contribution is -0.646. The van der Waals surface area contributed by atoms with E-state index in [1.165, 1.54) is 11.8 Å². The van der Waals surface area contributed by atoms with Crippen LogP contribution in [0.15, 0.2) is 108 Å². The van der Waals surface area contributed by atoms with E-state index < -0.39 is 0 Å². The van der Waals surface area contributed by atoms with Crippen LogP contribution in [0.2, 0.25) is 0 Å². The fourth-order valence-electron chi connectivity index (χ4n) is 4.46. The summed E-state index contributed by atoms with van der Waals surface area (Å²) in [4.78, 5) is 26.2. The second kappa shape index (κ2) is 15.5. The second-order valence-corrected chi connectivity index (χ2v) is 10.8. The number of carbonyl (C=O) groups excluding carboxylic acids is 2. The number of anilines is 2. The van der Waals surface area contributed by atoms with Gasteiger partial charge in [0.1, 0.15) is 28.7 Å². The van der Waals surface area contributed by atoms with Crippen molar-refractivity contribution < 1.29 is 33.1 Å². The van der Waals surface area contributed by atoms with Crippen LogP contribution in [0.4, 0.5) is 11.4 Å². The summed E-state index contributed by atoms with van der Waals surface area (Å²) in [5.41, 5.74) is 2.02. The number of benzene rings is 4. The van der Waals surface area contributed by atoms with E-state index in [2.05, 4.69) is 10.6 Å². The van der Waals surface area contributed by atoms with Crippen molar-refractivity contribution in [2.75, 3.05) is 37.7 Å².